The first-order chi connectivity index (χ1) is 30.7. The van der Waals surface area contributed by atoms with Gasteiger partial charge in [-0.2, -0.15) is 0 Å². The molecule has 0 atom stereocenters. The van der Waals surface area contributed by atoms with Crippen LogP contribution in [0.1, 0.15) is 22.3 Å². The van der Waals surface area contributed by atoms with E-state index in [1.807, 2.05) is 6.07 Å². The van der Waals surface area contributed by atoms with Gasteiger partial charge in [0.05, 0.1) is 11.1 Å². The molecule has 0 fully saturated rings. The molecule has 62 heavy (non-hydrogen) atoms. The molecule has 3 heteroatoms. The molecule has 0 bridgehead atoms. The summed E-state index contributed by atoms with van der Waals surface area (Å²) in [7, 11) is 0. The molecule has 1 aliphatic heterocycles. The van der Waals surface area contributed by atoms with E-state index in [0.717, 1.165) is 78.0 Å². The lowest BCUT2D eigenvalue weighted by Crippen LogP contribution is -2.32. The fraction of sp³-hybridized carbons (Fsp3) is 0.0169. The van der Waals surface area contributed by atoms with E-state index in [0.29, 0.717) is 0 Å². The highest BCUT2D eigenvalue weighted by Crippen LogP contribution is 2.62. The van der Waals surface area contributed by atoms with Crippen molar-refractivity contribution in [3.05, 3.63) is 247 Å². The number of nitrogens with zero attached hydrogens (tertiary/aromatic N) is 1. The van der Waals surface area contributed by atoms with E-state index in [4.69, 9.17) is 9.15 Å². The maximum atomic E-state index is 6.57. The molecule has 1 aliphatic carbocycles. The summed E-state index contributed by atoms with van der Waals surface area (Å²) in [4.78, 5) is 2.38. The van der Waals surface area contributed by atoms with Crippen molar-refractivity contribution in [3.63, 3.8) is 0 Å². The van der Waals surface area contributed by atoms with Crippen LogP contribution in [0.5, 0.6) is 11.5 Å². The first-order valence-corrected chi connectivity index (χ1v) is 21.2. The van der Waals surface area contributed by atoms with Gasteiger partial charge in [0.1, 0.15) is 22.7 Å². The predicted octanol–water partition coefficient (Wildman–Crippen LogP) is 16.0. The van der Waals surface area contributed by atoms with Crippen LogP contribution >= 0.6 is 0 Å². The van der Waals surface area contributed by atoms with Gasteiger partial charge in [0.2, 0.25) is 0 Å². The number of para-hydroxylation sites is 4. The summed E-state index contributed by atoms with van der Waals surface area (Å²) >= 11 is 0. The molecule has 0 N–H and O–H groups in total. The van der Waals surface area contributed by atoms with Gasteiger partial charge in [-0.05, 0) is 105 Å². The molecular formula is C59H37NO2. The SMILES string of the molecule is c1ccc(-c2ccccc2N(c2ccc(-c3ccc4c(c3)-c3ccccc3C43c4ccccc4Oc4ccccc43)cc2)c2ccc3ccc4c5ccccc5oc4c3c2)cc1. The number of furan rings is 1. The number of rotatable bonds is 5. The topological polar surface area (TPSA) is 25.6 Å². The Morgan fingerprint density at radius 1 is 0.355 bits per heavy atom. The summed E-state index contributed by atoms with van der Waals surface area (Å²) in [5.41, 5.74) is 16.6. The lowest BCUT2D eigenvalue weighted by molar-refractivity contribution is 0.436. The number of fused-ring (bicyclic) bond motifs is 14. The van der Waals surface area contributed by atoms with Crippen LogP contribution in [0.4, 0.5) is 17.1 Å². The molecule has 290 valence electrons. The summed E-state index contributed by atoms with van der Waals surface area (Å²) < 4.78 is 13.1. The van der Waals surface area contributed by atoms with E-state index >= 15 is 0 Å². The predicted molar refractivity (Wildman–Crippen MR) is 254 cm³/mol. The first kappa shape index (κ1) is 34.7. The monoisotopic (exact) mass is 791 g/mol. The summed E-state index contributed by atoms with van der Waals surface area (Å²) in [6, 6.07) is 80.9. The Morgan fingerprint density at radius 2 is 0.968 bits per heavy atom. The van der Waals surface area contributed by atoms with Gasteiger partial charge >= 0.3 is 0 Å². The highest BCUT2D eigenvalue weighted by atomic mass is 16.5. The largest absolute Gasteiger partial charge is 0.457 e. The fourth-order valence-electron chi connectivity index (χ4n) is 10.4. The van der Waals surface area contributed by atoms with Gasteiger partial charge in [-0.15, -0.1) is 0 Å². The van der Waals surface area contributed by atoms with Crippen molar-refractivity contribution in [2.75, 3.05) is 4.90 Å². The molecule has 0 saturated carbocycles. The van der Waals surface area contributed by atoms with Crippen molar-refractivity contribution in [2.24, 2.45) is 0 Å². The van der Waals surface area contributed by atoms with Crippen molar-refractivity contribution in [2.45, 2.75) is 5.41 Å². The lowest BCUT2D eigenvalue weighted by atomic mass is 9.66. The van der Waals surface area contributed by atoms with E-state index in [1.165, 1.54) is 38.9 Å². The third kappa shape index (κ3) is 5.00. The van der Waals surface area contributed by atoms with Crippen LogP contribution < -0.4 is 9.64 Å². The van der Waals surface area contributed by atoms with Crippen molar-refractivity contribution in [1.82, 2.24) is 0 Å². The zero-order valence-corrected chi connectivity index (χ0v) is 33.6. The minimum absolute atomic E-state index is 0.486. The maximum Gasteiger partial charge on any atom is 0.143 e. The zero-order chi connectivity index (χ0) is 40.8. The smallest absolute Gasteiger partial charge is 0.143 e. The fourth-order valence-corrected chi connectivity index (χ4v) is 10.4. The Kier molecular flexibility index (Phi) is 7.52. The Bertz CT molecular complexity index is 3520. The second kappa shape index (κ2) is 13.4. The second-order valence-corrected chi connectivity index (χ2v) is 16.4. The van der Waals surface area contributed by atoms with Crippen molar-refractivity contribution >= 4 is 49.8 Å². The van der Waals surface area contributed by atoms with Gasteiger partial charge in [0.15, 0.2) is 0 Å². The number of ether oxygens (including phenoxy) is 1. The number of anilines is 3. The molecule has 10 aromatic carbocycles. The highest BCUT2D eigenvalue weighted by molar-refractivity contribution is 6.15. The van der Waals surface area contributed by atoms with E-state index in [1.54, 1.807) is 0 Å². The van der Waals surface area contributed by atoms with E-state index in [9.17, 15) is 0 Å². The Morgan fingerprint density at radius 3 is 1.77 bits per heavy atom. The number of benzene rings is 10. The number of hydrogen-bond donors (Lipinski definition) is 0. The molecule has 0 saturated heterocycles. The van der Waals surface area contributed by atoms with Gasteiger partial charge in [0.25, 0.3) is 0 Å². The molecule has 0 radical (unpaired) electrons. The van der Waals surface area contributed by atoms with Crippen LogP contribution in [0, 0.1) is 0 Å². The molecule has 3 nitrogen and oxygen atoms in total. The van der Waals surface area contributed by atoms with Gasteiger partial charge in [0, 0.05) is 44.2 Å². The van der Waals surface area contributed by atoms with Gasteiger partial charge in [-0.3, -0.25) is 0 Å². The van der Waals surface area contributed by atoms with Crippen molar-refractivity contribution < 1.29 is 9.15 Å². The standard InChI is InChI=1S/C59H37NO2/c1-2-14-39(15-3-1)44-16-5-10-22-54(44)60(43-33-28-40-29-34-47-46-18-6-11-23-55(46)62-58(47)48(40)37-43)42-31-26-38(27-32-42)41-30-35-51-49(36-41)45-17-4-7-19-50(45)59(51)52-20-8-12-24-56(52)61-57-25-13-9-21-53(57)59/h1-37H. The first-order valence-electron chi connectivity index (χ1n) is 21.2. The molecule has 2 heterocycles. The molecule has 0 amide bonds. The lowest BCUT2D eigenvalue weighted by Gasteiger charge is -2.39. The third-order valence-electron chi connectivity index (χ3n) is 13.1. The average Bonchev–Trinajstić information content (AvgIpc) is 3.87. The maximum absolute atomic E-state index is 6.57. The molecule has 11 aromatic rings. The molecule has 13 rings (SSSR count). The van der Waals surface area contributed by atoms with Crippen LogP contribution in [0.3, 0.4) is 0 Å². The molecule has 0 unspecified atom stereocenters. The van der Waals surface area contributed by atoms with E-state index in [-0.39, 0.29) is 0 Å². The van der Waals surface area contributed by atoms with Gasteiger partial charge in [-0.1, -0.05) is 164 Å². The van der Waals surface area contributed by atoms with Gasteiger partial charge < -0.3 is 14.1 Å². The minimum Gasteiger partial charge on any atom is -0.457 e. The minimum atomic E-state index is -0.486. The third-order valence-corrected chi connectivity index (χ3v) is 13.1. The van der Waals surface area contributed by atoms with Crippen LogP contribution in [0.2, 0.25) is 0 Å². The molecule has 2 aliphatic rings. The van der Waals surface area contributed by atoms with Crippen molar-refractivity contribution in [3.8, 4) is 44.9 Å². The van der Waals surface area contributed by atoms with Crippen LogP contribution in [0.25, 0.3) is 66.1 Å². The zero-order valence-electron chi connectivity index (χ0n) is 33.6. The van der Waals surface area contributed by atoms with E-state index < -0.39 is 5.41 Å². The van der Waals surface area contributed by atoms with Crippen molar-refractivity contribution in [1.29, 1.82) is 0 Å². The average molecular weight is 792 g/mol. The summed E-state index contributed by atoms with van der Waals surface area (Å²) in [5, 5.41) is 4.48. The van der Waals surface area contributed by atoms with Crippen LogP contribution in [0.15, 0.2) is 229 Å². The quantitative estimate of drug-likeness (QED) is 0.174. The molecular weight excluding hydrogens is 755 g/mol. The highest BCUT2D eigenvalue weighted by Gasteiger charge is 2.50. The second-order valence-electron chi connectivity index (χ2n) is 16.4. The Hall–Kier alpha value is -8.14. The summed E-state index contributed by atoms with van der Waals surface area (Å²) in [5.74, 6) is 1.81. The van der Waals surface area contributed by atoms with Crippen LogP contribution in [-0.2, 0) is 5.41 Å². The molecule has 1 aromatic heterocycles. The Labute approximate surface area is 359 Å². The Balaban J connectivity index is 0.966. The summed E-state index contributed by atoms with van der Waals surface area (Å²) in [6.07, 6.45) is 0. The number of hydrogen-bond acceptors (Lipinski definition) is 3. The van der Waals surface area contributed by atoms with Crippen LogP contribution in [-0.4, -0.2) is 0 Å². The van der Waals surface area contributed by atoms with E-state index in [2.05, 4.69) is 223 Å². The normalized spacial score (nSPS) is 13.1. The summed E-state index contributed by atoms with van der Waals surface area (Å²) in [6.45, 7) is 0. The van der Waals surface area contributed by atoms with Gasteiger partial charge in [-0.25, -0.2) is 0 Å². The molecule has 1 spiro atoms.